The Kier molecular flexibility index (Phi) is 24.2. The van der Waals surface area contributed by atoms with Gasteiger partial charge >= 0.3 is 51.4 Å². The minimum Gasteiger partial charge on any atom is -0.550 e. The van der Waals surface area contributed by atoms with E-state index in [1.54, 1.807) is 0 Å². The van der Waals surface area contributed by atoms with Gasteiger partial charge in [0.1, 0.15) is 0 Å². The van der Waals surface area contributed by atoms with Crippen LogP contribution < -0.4 is 56.5 Å². The maximum Gasteiger partial charge on any atom is 1.00 e. The Labute approximate surface area is 127 Å². The second-order valence-corrected chi connectivity index (χ2v) is 2.54. The van der Waals surface area contributed by atoms with Crippen molar-refractivity contribution in [3.05, 3.63) is 0 Å². The van der Waals surface area contributed by atoms with Crippen molar-refractivity contribution in [1.82, 2.24) is 0 Å². The molecule has 0 aromatic heterocycles. The zero-order valence-corrected chi connectivity index (χ0v) is 12.1. The van der Waals surface area contributed by atoms with Gasteiger partial charge in [-0.25, -0.2) is 0 Å². The third kappa shape index (κ3) is 17.6. The summed E-state index contributed by atoms with van der Waals surface area (Å²) in [7, 11) is 0. The van der Waals surface area contributed by atoms with E-state index in [0.717, 1.165) is 19.3 Å². The van der Waals surface area contributed by atoms with Gasteiger partial charge in [0.05, 0.1) is 0 Å². The maximum atomic E-state index is 9.92. The summed E-state index contributed by atoms with van der Waals surface area (Å²) in [5.41, 5.74) is 0. The maximum absolute atomic E-state index is 9.92. The molecule has 0 aromatic rings. The third-order valence-electron chi connectivity index (χ3n) is 1.48. The van der Waals surface area contributed by atoms with Crippen molar-refractivity contribution < 1.29 is 78.1 Å². The molecule has 0 atom stereocenters. The Morgan fingerprint density at radius 1 is 1.17 bits per heavy atom. The van der Waals surface area contributed by atoms with Crippen molar-refractivity contribution in [2.24, 2.45) is 0 Å². The van der Waals surface area contributed by atoms with Gasteiger partial charge in [0.2, 0.25) is 0 Å². The Hall–Kier alpha value is 1.61. The first-order valence-electron chi connectivity index (χ1n) is 3.97. The van der Waals surface area contributed by atoms with E-state index in [-0.39, 0.29) is 74.6 Å². The number of hydrogen-bond donors (Lipinski definition) is 0. The second kappa shape index (κ2) is 15.1. The molecule has 0 aliphatic heterocycles. The minimum absolute atomic E-state index is 0. The number of rotatable bonds is 6. The predicted molar refractivity (Wildman–Crippen MR) is 38.4 cm³/mol. The van der Waals surface area contributed by atoms with Gasteiger partial charge < -0.3 is 9.90 Å². The van der Waals surface area contributed by atoms with Crippen molar-refractivity contribution in [2.45, 2.75) is 45.4 Å². The van der Waals surface area contributed by atoms with E-state index >= 15 is 0 Å². The number of hydrogen-bond acceptors (Lipinski definition) is 2. The van der Waals surface area contributed by atoms with Crippen LogP contribution in [-0.2, 0) is 21.6 Å². The molecule has 12 heavy (non-hydrogen) atoms. The first kappa shape index (κ1) is 19.2. The smallest absolute Gasteiger partial charge is 0.550 e. The fourth-order valence-corrected chi connectivity index (χ4v) is 0.873. The summed E-state index contributed by atoms with van der Waals surface area (Å²) < 4.78 is 0. The minimum atomic E-state index is -0.920. The SMILES string of the molecule is CCCCCCCC(=O)[O-].[Co].[K+]. The van der Waals surface area contributed by atoms with Crippen LogP contribution in [0.15, 0.2) is 0 Å². The first-order chi connectivity index (χ1) is 4.77. The fourth-order valence-electron chi connectivity index (χ4n) is 0.873. The third-order valence-corrected chi connectivity index (χ3v) is 1.48. The van der Waals surface area contributed by atoms with Crippen molar-refractivity contribution in [3.8, 4) is 0 Å². The molecule has 0 N–H and O–H groups in total. The summed E-state index contributed by atoms with van der Waals surface area (Å²) in [5, 5.41) is 9.92. The summed E-state index contributed by atoms with van der Waals surface area (Å²) in [6.45, 7) is 2.14. The van der Waals surface area contributed by atoms with Crippen LogP contribution >= 0.6 is 0 Å². The van der Waals surface area contributed by atoms with Crippen LogP contribution in [0.4, 0.5) is 0 Å². The number of aliphatic carboxylic acids is 1. The normalized spacial score (nSPS) is 8.08. The van der Waals surface area contributed by atoms with E-state index in [4.69, 9.17) is 0 Å². The molecule has 0 amide bonds. The topological polar surface area (TPSA) is 40.1 Å². The van der Waals surface area contributed by atoms with E-state index < -0.39 is 5.97 Å². The van der Waals surface area contributed by atoms with Crippen LogP contribution in [0, 0.1) is 0 Å². The van der Waals surface area contributed by atoms with Crippen molar-refractivity contribution in [3.63, 3.8) is 0 Å². The number of carboxylic acid groups (broad SMARTS) is 1. The molecular formula is C8H15CoKO2. The van der Waals surface area contributed by atoms with E-state index in [9.17, 15) is 9.90 Å². The summed E-state index contributed by atoms with van der Waals surface area (Å²) in [4.78, 5) is 9.92. The molecule has 0 aliphatic carbocycles. The van der Waals surface area contributed by atoms with Crippen molar-refractivity contribution in [2.75, 3.05) is 0 Å². The molecule has 0 rings (SSSR count). The zero-order chi connectivity index (χ0) is 7.82. The molecule has 0 saturated carbocycles. The molecule has 0 bridgehead atoms. The molecule has 0 unspecified atom stereocenters. The molecular weight excluding hydrogens is 226 g/mol. The Balaban J connectivity index is -0.000000405. The summed E-state index contributed by atoms with van der Waals surface area (Å²) in [6.07, 6.45) is 5.61. The Bertz CT molecular complexity index is 99.1. The van der Waals surface area contributed by atoms with Crippen LogP contribution in [-0.4, -0.2) is 5.97 Å². The first-order valence-corrected chi connectivity index (χ1v) is 3.97. The molecule has 0 aliphatic rings. The number of carbonyl (C=O) groups is 1. The fraction of sp³-hybridized carbons (Fsp3) is 0.875. The van der Waals surface area contributed by atoms with Gasteiger partial charge in [0.25, 0.3) is 0 Å². The largest absolute Gasteiger partial charge is 1.00 e. The molecule has 0 aromatic carbocycles. The van der Waals surface area contributed by atoms with E-state index in [1.807, 2.05) is 0 Å². The second-order valence-electron chi connectivity index (χ2n) is 2.54. The quantitative estimate of drug-likeness (QED) is 0.402. The molecule has 69 valence electrons. The predicted octanol–water partition coefficient (Wildman–Crippen LogP) is -1.90. The monoisotopic (exact) mass is 241 g/mol. The molecule has 0 heterocycles. The van der Waals surface area contributed by atoms with Crippen LogP contribution in [0.3, 0.4) is 0 Å². The van der Waals surface area contributed by atoms with Crippen molar-refractivity contribution in [1.29, 1.82) is 0 Å². The molecule has 2 nitrogen and oxygen atoms in total. The molecule has 0 saturated heterocycles. The average Bonchev–Trinajstić information content (AvgIpc) is 1.87. The Morgan fingerprint density at radius 2 is 1.67 bits per heavy atom. The van der Waals surface area contributed by atoms with Gasteiger partial charge in [-0.15, -0.1) is 0 Å². The van der Waals surface area contributed by atoms with Crippen LogP contribution in [0.2, 0.25) is 0 Å². The molecule has 0 spiro atoms. The van der Waals surface area contributed by atoms with Gasteiger partial charge in [0, 0.05) is 22.7 Å². The van der Waals surface area contributed by atoms with Crippen molar-refractivity contribution >= 4 is 5.97 Å². The molecule has 0 fully saturated rings. The summed E-state index contributed by atoms with van der Waals surface area (Å²) in [5.74, 6) is -0.920. The van der Waals surface area contributed by atoms with Crippen LogP contribution in [0.1, 0.15) is 45.4 Å². The molecule has 1 radical (unpaired) electrons. The van der Waals surface area contributed by atoms with E-state index in [1.165, 1.54) is 12.8 Å². The standard InChI is InChI=1S/C8H16O2.Co.K/c1-2-3-4-5-6-7-8(9)10;;/h2-7H2,1H3,(H,9,10);;/q;;+1/p-1. The van der Waals surface area contributed by atoms with Crippen LogP contribution in [0.5, 0.6) is 0 Å². The number of carbonyl (C=O) groups excluding carboxylic acids is 1. The van der Waals surface area contributed by atoms with Gasteiger partial charge in [-0.3, -0.25) is 0 Å². The zero-order valence-electron chi connectivity index (χ0n) is 7.89. The van der Waals surface area contributed by atoms with Gasteiger partial charge in [-0.1, -0.05) is 32.6 Å². The van der Waals surface area contributed by atoms with E-state index in [2.05, 4.69) is 6.92 Å². The summed E-state index contributed by atoms with van der Waals surface area (Å²) >= 11 is 0. The van der Waals surface area contributed by atoms with Gasteiger partial charge in [-0.05, 0) is 12.8 Å². The molecule has 4 heteroatoms. The van der Waals surface area contributed by atoms with Crippen LogP contribution in [0.25, 0.3) is 0 Å². The van der Waals surface area contributed by atoms with Gasteiger partial charge in [0.15, 0.2) is 0 Å². The van der Waals surface area contributed by atoms with E-state index in [0.29, 0.717) is 0 Å². The Morgan fingerprint density at radius 3 is 2.08 bits per heavy atom. The average molecular weight is 241 g/mol. The number of carboxylic acids is 1. The summed E-state index contributed by atoms with van der Waals surface area (Å²) in [6, 6.07) is 0. The van der Waals surface area contributed by atoms with Gasteiger partial charge in [-0.2, -0.15) is 0 Å². The number of unbranched alkanes of at least 4 members (excludes halogenated alkanes) is 4.